The molecular weight excluding hydrogens is 206 g/mol. The molecule has 0 radical (unpaired) electrons. The highest BCUT2D eigenvalue weighted by Gasteiger charge is 2.14. The van der Waals surface area contributed by atoms with Crippen LogP contribution in [0.4, 0.5) is 0 Å². The third-order valence-electron chi connectivity index (χ3n) is 3.86. The first-order valence-electron chi connectivity index (χ1n) is 8.04. The van der Waals surface area contributed by atoms with E-state index in [1.54, 1.807) is 0 Å². The van der Waals surface area contributed by atoms with Crippen LogP contribution in [-0.4, -0.2) is 24.0 Å². The van der Waals surface area contributed by atoms with Gasteiger partial charge >= 0.3 is 0 Å². The standard InChI is InChI=1S/C16H35N/c1-5-9-11-13-15-16(14-12-10-6-2)17(7-3)8-4/h16H,5-15H2,1-4H3. The maximum absolute atomic E-state index is 2.67. The predicted octanol–water partition coefficient (Wildman–Crippen LogP) is 5.25. The van der Waals surface area contributed by atoms with E-state index in [1.807, 2.05) is 0 Å². The Morgan fingerprint density at radius 1 is 0.647 bits per heavy atom. The normalized spacial score (nSPS) is 13.2. The first-order valence-corrected chi connectivity index (χ1v) is 8.04. The molecule has 0 saturated heterocycles. The lowest BCUT2D eigenvalue weighted by molar-refractivity contribution is 0.188. The molecule has 0 bridgehead atoms. The number of unbranched alkanes of at least 4 members (excludes halogenated alkanes) is 5. The summed E-state index contributed by atoms with van der Waals surface area (Å²) in [5.74, 6) is 0. The van der Waals surface area contributed by atoms with E-state index in [0.29, 0.717) is 0 Å². The first kappa shape index (κ1) is 17.0. The largest absolute Gasteiger partial charge is 0.301 e. The second-order valence-corrected chi connectivity index (χ2v) is 5.22. The van der Waals surface area contributed by atoms with Gasteiger partial charge in [0.05, 0.1) is 0 Å². The fourth-order valence-corrected chi connectivity index (χ4v) is 2.69. The predicted molar refractivity (Wildman–Crippen MR) is 79.6 cm³/mol. The van der Waals surface area contributed by atoms with Crippen LogP contribution in [0.25, 0.3) is 0 Å². The third-order valence-corrected chi connectivity index (χ3v) is 3.86. The van der Waals surface area contributed by atoms with Crippen LogP contribution >= 0.6 is 0 Å². The van der Waals surface area contributed by atoms with Gasteiger partial charge in [0, 0.05) is 6.04 Å². The van der Waals surface area contributed by atoms with Gasteiger partial charge in [0.25, 0.3) is 0 Å². The Labute approximate surface area is 110 Å². The number of rotatable bonds is 12. The summed E-state index contributed by atoms with van der Waals surface area (Å²) < 4.78 is 0. The van der Waals surface area contributed by atoms with E-state index in [1.165, 1.54) is 70.9 Å². The molecule has 1 unspecified atom stereocenters. The number of nitrogens with zero attached hydrogens (tertiary/aromatic N) is 1. The maximum atomic E-state index is 2.67. The molecule has 1 nitrogen and oxygen atoms in total. The van der Waals surface area contributed by atoms with Crippen LogP contribution in [0.5, 0.6) is 0 Å². The summed E-state index contributed by atoms with van der Waals surface area (Å²) >= 11 is 0. The van der Waals surface area contributed by atoms with E-state index in [0.717, 1.165) is 6.04 Å². The molecule has 0 N–H and O–H groups in total. The zero-order valence-corrected chi connectivity index (χ0v) is 12.8. The highest BCUT2D eigenvalue weighted by Crippen LogP contribution is 2.17. The Balaban J connectivity index is 3.91. The fourth-order valence-electron chi connectivity index (χ4n) is 2.69. The average molecular weight is 241 g/mol. The van der Waals surface area contributed by atoms with Gasteiger partial charge in [-0.2, -0.15) is 0 Å². The van der Waals surface area contributed by atoms with Crippen LogP contribution in [0.2, 0.25) is 0 Å². The molecule has 0 aromatic carbocycles. The Kier molecular flexibility index (Phi) is 12.4. The van der Waals surface area contributed by atoms with E-state index in [2.05, 4.69) is 32.6 Å². The first-order chi connectivity index (χ1) is 8.29. The molecule has 0 fully saturated rings. The Hall–Kier alpha value is -0.0400. The van der Waals surface area contributed by atoms with Gasteiger partial charge in [-0.1, -0.05) is 72.6 Å². The maximum Gasteiger partial charge on any atom is 0.00950 e. The smallest absolute Gasteiger partial charge is 0.00950 e. The molecular formula is C16H35N. The zero-order valence-electron chi connectivity index (χ0n) is 12.8. The summed E-state index contributed by atoms with van der Waals surface area (Å²) in [5.41, 5.74) is 0. The van der Waals surface area contributed by atoms with Crippen molar-refractivity contribution in [2.24, 2.45) is 0 Å². The molecule has 0 aliphatic rings. The van der Waals surface area contributed by atoms with Crippen molar-refractivity contribution in [1.29, 1.82) is 0 Å². The van der Waals surface area contributed by atoms with Crippen molar-refractivity contribution in [2.75, 3.05) is 13.1 Å². The van der Waals surface area contributed by atoms with Gasteiger partial charge in [-0.25, -0.2) is 0 Å². The molecule has 0 saturated carbocycles. The molecule has 1 heteroatoms. The van der Waals surface area contributed by atoms with E-state index >= 15 is 0 Å². The molecule has 0 aliphatic carbocycles. The van der Waals surface area contributed by atoms with Crippen molar-refractivity contribution in [3.8, 4) is 0 Å². The molecule has 0 aromatic heterocycles. The highest BCUT2D eigenvalue weighted by molar-refractivity contribution is 4.70. The minimum Gasteiger partial charge on any atom is -0.301 e. The van der Waals surface area contributed by atoms with Crippen molar-refractivity contribution in [3.05, 3.63) is 0 Å². The second kappa shape index (κ2) is 12.4. The summed E-state index contributed by atoms with van der Waals surface area (Å²) in [6.45, 7) is 11.7. The second-order valence-electron chi connectivity index (χ2n) is 5.22. The summed E-state index contributed by atoms with van der Waals surface area (Å²) in [4.78, 5) is 2.67. The number of hydrogen-bond donors (Lipinski definition) is 0. The lowest BCUT2D eigenvalue weighted by atomic mass is 10.00. The third kappa shape index (κ3) is 8.65. The van der Waals surface area contributed by atoms with Crippen molar-refractivity contribution < 1.29 is 0 Å². The van der Waals surface area contributed by atoms with Crippen LogP contribution in [0.15, 0.2) is 0 Å². The van der Waals surface area contributed by atoms with Crippen molar-refractivity contribution in [3.63, 3.8) is 0 Å². The van der Waals surface area contributed by atoms with Gasteiger partial charge in [-0.3, -0.25) is 0 Å². The molecule has 1 atom stereocenters. The SMILES string of the molecule is CCCCCCC(CCCCC)N(CC)CC. The van der Waals surface area contributed by atoms with E-state index < -0.39 is 0 Å². The molecule has 0 spiro atoms. The van der Waals surface area contributed by atoms with Crippen LogP contribution in [0.3, 0.4) is 0 Å². The van der Waals surface area contributed by atoms with Crippen LogP contribution in [0.1, 0.15) is 85.5 Å². The van der Waals surface area contributed by atoms with Crippen LogP contribution in [0, 0.1) is 0 Å². The molecule has 0 rings (SSSR count). The quantitative estimate of drug-likeness (QED) is 0.422. The monoisotopic (exact) mass is 241 g/mol. The molecule has 104 valence electrons. The summed E-state index contributed by atoms with van der Waals surface area (Å²) in [5, 5.41) is 0. The Morgan fingerprint density at radius 2 is 1.12 bits per heavy atom. The number of hydrogen-bond acceptors (Lipinski definition) is 1. The average Bonchev–Trinajstić information content (AvgIpc) is 2.35. The Morgan fingerprint density at radius 3 is 1.59 bits per heavy atom. The molecule has 0 aliphatic heterocycles. The summed E-state index contributed by atoms with van der Waals surface area (Å²) in [6, 6.07) is 0.855. The Bertz CT molecular complexity index is 140. The van der Waals surface area contributed by atoms with Crippen molar-refractivity contribution in [1.82, 2.24) is 4.90 Å². The van der Waals surface area contributed by atoms with Crippen LogP contribution in [-0.2, 0) is 0 Å². The lowest BCUT2D eigenvalue weighted by Gasteiger charge is -2.30. The molecule has 17 heavy (non-hydrogen) atoms. The summed E-state index contributed by atoms with van der Waals surface area (Å²) in [7, 11) is 0. The minimum atomic E-state index is 0.855. The van der Waals surface area contributed by atoms with Gasteiger partial charge in [-0.05, 0) is 25.9 Å². The van der Waals surface area contributed by atoms with E-state index in [-0.39, 0.29) is 0 Å². The van der Waals surface area contributed by atoms with Gasteiger partial charge in [-0.15, -0.1) is 0 Å². The highest BCUT2D eigenvalue weighted by atomic mass is 15.1. The van der Waals surface area contributed by atoms with E-state index in [4.69, 9.17) is 0 Å². The van der Waals surface area contributed by atoms with Crippen molar-refractivity contribution in [2.45, 2.75) is 91.5 Å². The molecule has 0 aromatic rings. The van der Waals surface area contributed by atoms with Gasteiger partial charge in [0.1, 0.15) is 0 Å². The topological polar surface area (TPSA) is 3.24 Å². The molecule has 0 amide bonds. The summed E-state index contributed by atoms with van der Waals surface area (Å²) in [6.07, 6.45) is 12.7. The van der Waals surface area contributed by atoms with Crippen LogP contribution < -0.4 is 0 Å². The van der Waals surface area contributed by atoms with Crippen molar-refractivity contribution >= 4 is 0 Å². The lowest BCUT2D eigenvalue weighted by Crippen LogP contribution is -2.35. The minimum absolute atomic E-state index is 0.855. The zero-order chi connectivity index (χ0) is 12.9. The molecule has 0 heterocycles. The van der Waals surface area contributed by atoms with Gasteiger partial charge < -0.3 is 4.90 Å². The van der Waals surface area contributed by atoms with Gasteiger partial charge in [0.15, 0.2) is 0 Å². The van der Waals surface area contributed by atoms with E-state index in [9.17, 15) is 0 Å². The fraction of sp³-hybridized carbons (Fsp3) is 1.00. The van der Waals surface area contributed by atoms with Gasteiger partial charge in [0.2, 0.25) is 0 Å².